The first-order chi connectivity index (χ1) is 9.19. The lowest BCUT2D eigenvalue weighted by atomic mass is 9.96. The van der Waals surface area contributed by atoms with E-state index >= 15 is 0 Å². The minimum absolute atomic E-state index is 0.124. The van der Waals surface area contributed by atoms with Gasteiger partial charge in [0.1, 0.15) is 0 Å². The zero-order valence-corrected chi connectivity index (χ0v) is 11.8. The van der Waals surface area contributed by atoms with Gasteiger partial charge in [-0.3, -0.25) is 0 Å². The van der Waals surface area contributed by atoms with Crippen molar-refractivity contribution in [1.29, 1.82) is 0 Å². The monoisotopic (exact) mass is 264 g/mol. The quantitative estimate of drug-likeness (QED) is 0.822. The molecule has 0 spiro atoms. The fraction of sp³-hybridized carbons (Fsp3) is 0.714. The molecule has 1 aliphatic rings. The molecule has 0 amide bonds. The highest BCUT2D eigenvalue weighted by molar-refractivity contribution is 5.27. The molecule has 1 aliphatic carbocycles. The van der Waals surface area contributed by atoms with Crippen molar-refractivity contribution in [2.24, 2.45) is 17.6 Å². The standard InChI is InChI=1S/C14H24N4O/c1-10(2)19-13-6-7-16-14(18-13)17-9-12-5-3-4-11(12)8-15/h6-7,10-12H,3-5,8-9,15H2,1-2H3,(H,16,17,18). The van der Waals surface area contributed by atoms with Crippen LogP contribution in [0.4, 0.5) is 5.95 Å². The van der Waals surface area contributed by atoms with Crippen molar-refractivity contribution >= 4 is 5.95 Å². The Balaban J connectivity index is 1.88. The third kappa shape index (κ3) is 4.06. The van der Waals surface area contributed by atoms with Gasteiger partial charge >= 0.3 is 0 Å². The Morgan fingerprint density at radius 1 is 1.42 bits per heavy atom. The van der Waals surface area contributed by atoms with Crippen LogP contribution in [0, 0.1) is 11.8 Å². The number of ether oxygens (including phenoxy) is 1. The van der Waals surface area contributed by atoms with Crippen LogP contribution >= 0.6 is 0 Å². The third-order valence-corrected chi connectivity index (χ3v) is 3.63. The molecular weight excluding hydrogens is 240 g/mol. The lowest BCUT2D eigenvalue weighted by Crippen LogP contribution is -2.24. The number of rotatable bonds is 6. The summed E-state index contributed by atoms with van der Waals surface area (Å²) in [6.45, 7) is 5.65. The summed E-state index contributed by atoms with van der Waals surface area (Å²) in [5, 5.41) is 3.31. The van der Waals surface area contributed by atoms with Crippen molar-refractivity contribution in [1.82, 2.24) is 9.97 Å². The molecule has 3 N–H and O–H groups in total. The first-order valence-electron chi connectivity index (χ1n) is 7.12. The van der Waals surface area contributed by atoms with Gasteiger partial charge in [-0.05, 0) is 45.1 Å². The van der Waals surface area contributed by atoms with Crippen molar-refractivity contribution in [3.63, 3.8) is 0 Å². The SMILES string of the molecule is CC(C)Oc1ccnc(NCC2CCCC2CN)n1. The molecule has 5 nitrogen and oxygen atoms in total. The minimum atomic E-state index is 0.124. The molecule has 2 rings (SSSR count). The lowest BCUT2D eigenvalue weighted by Gasteiger charge is -2.18. The van der Waals surface area contributed by atoms with Gasteiger partial charge in [-0.25, -0.2) is 4.98 Å². The van der Waals surface area contributed by atoms with E-state index in [1.165, 1.54) is 19.3 Å². The summed E-state index contributed by atoms with van der Waals surface area (Å²) in [6.07, 6.45) is 5.63. The molecule has 1 fully saturated rings. The smallest absolute Gasteiger partial charge is 0.225 e. The maximum Gasteiger partial charge on any atom is 0.225 e. The number of anilines is 1. The molecule has 1 saturated carbocycles. The van der Waals surface area contributed by atoms with Crippen molar-refractivity contribution in [3.8, 4) is 5.88 Å². The van der Waals surface area contributed by atoms with Crippen molar-refractivity contribution < 1.29 is 4.74 Å². The highest BCUT2D eigenvalue weighted by Gasteiger charge is 2.25. The van der Waals surface area contributed by atoms with Crippen molar-refractivity contribution in [2.75, 3.05) is 18.4 Å². The van der Waals surface area contributed by atoms with Gasteiger partial charge < -0.3 is 15.8 Å². The average molecular weight is 264 g/mol. The molecule has 0 saturated heterocycles. The van der Waals surface area contributed by atoms with Gasteiger partial charge in [0.05, 0.1) is 6.10 Å². The molecule has 0 aromatic carbocycles. The zero-order chi connectivity index (χ0) is 13.7. The van der Waals surface area contributed by atoms with E-state index in [-0.39, 0.29) is 6.10 Å². The predicted octanol–water partition coefficient (Wildman–Crippen LogP) is 2.05. The number of hydrogen-bond acceptors (Lipinski definition) is 5. The van der Waals surface area contributed by atoms with Crippen LogP contribution in [0.5, 0.6) is 5.88 Å². The normalized spacial score (nSPS) is 22.7. The fourth-order valence-corrected chi connectivity index (χ4v) is 2.65. The number of aromatic nitrogens is 2. The highest BCUT2D eigenvalue weighted by atomic mass is 16.5. The molecule has 1 aromatic rings. The van der Waals surface area contributed by atoms with Gasteiger partial charge in [0.15, 0.2) is 0 Å². The molecule has 2 atom stereocenters. The Morgan fingerprint density at radius 3 is 2.95 bits per heavy atom. The van der Waals surface area contributed by atoms with Crippen LogP contribution in [0.25, 0.3) is 0 Å². The van der Waals surface area contributed by atoms with Crippen molar-refractivity contribution in [3.05, 3.63) is 12.3 Å². The Kier molecular flexibility index (Phi) is 4.96. The maximum absolute atomic E-state index is 5.79. The van der Waals surface area contributed by atoms with Gasteiger partial charge in [-0.15, -0.1) is 0 Å². The number of nitrogens with zero attached hydrogens (tertiary/aromatic N) is 2. The number of hydrogen-bond donors (Lipinski definition) is 2. The van der Waals surface area contributed by atoms with E-state index in [4.69, 9.17) is 10.5 Å². The summed E-state index contributed by atoms with van der Waals surface area (Å²) in [4.78, 5) is 8.57. The molecule has 0 radical (unpaired) electrons. The summed E-state index contributed by atoms with van der Waals surface area (Å²) in [6, 6.07) is 1.78. The first kappa shape index (κ1) is 14.1. The molecule has 0 aliphatic heterocycles. The van der Waals surface area contributed by atoms with Gasteiger partial charge in [-0.2, -0.15) is 4.98 Å². The fourth-order valence-electron chi connectivity index (χ4n) is 2.65. The molecule has 5 heteroatoms. The van der Waals surface area contributed by atoms with Crippen molar-refractivity contribution in [2.45, 2.75) is 39.2 Å². The first-order valence-corrected chi connectivity index (χ1v) is 7.12. The average Bonchev–Trinajstić information content (AvgIpc) is 2.83. The van der Waals surface area contributed by atoms with E-state index < -0.39 is 0 Å². The number of nitrogens with one attached hydrogen (secondary N) is 1. The second-order valence-corrected chi connectivity index (χ2v) is 5.45. The molecule has 1 heterocycles. The molecule has 0 bridgehead atoms. The Bertz CT molecular complexity index is 397. The van der Waals surface area contributed by atoms with Gasteiger partial charge in [-0.1, -0.05) is 6.42 Å². The maximum atomic E-state index is 5.79. The molecule has 1 aromatic heterocycles. The number of nitrogens with two attached hydrogens (primary N) is 1. The highest BCUT2D eigenvalue weighted by Crippen LogP contribution is 2.30. The molecular formula is C14H24N4O. The van der Waals surface area contributed by atoms with Crippen LogP contribution in [0.1, 0.15) is 33.1 Å². The van der Waals surface area contributed by atoms with E-state index in [0.717, 1.165) is 13.1 Å². The Morgan fingerprint density at radius 2 is 2.21 bits per heavy atom. The van der Waals surface area contributed by atoms with E-state index in [9.17, 15) is 0 Å². The Labute approximate surface area is 115 Å². The van der Waals surface area contributed by atoms with Gasteiger partial charge in [0.25, 0.3) is 0 Å². The second-order valence-electron chi connectivity index (χ2n) is 5.45. The topological polar surface area (TPSA) is 73.1 Å². The van der Waals surface area contributed by atoms with Gasteiger partial charge in [0, 0.05) is 18.8 Å². The summed E-state index contributed by atoms with van der Waals surface area (Å²) >= 11 is 0. The zero-order valence-electron chi connectivity index (χ0n) is 11.8. The molecule has 19 heavy (non-hydrogen) atoms. The third-order valence-electron chi connectivity index (χ3n) is 3.63. The van der Waals surface area contributed by atoms with Crippen LogP contribution in [0.15, 0.2) is 12.3 Å². The van der Waals surface area contributed by atoms with Crippen LogP contribution in [-0.2, 0) is 0 Å². The molecule has 106 valence electrons. The van der Waals surface area contributed by atoms with E-state index in [1.807, 2.05) is 13.8 Å². The van der Waals surface area contributed by atoms with E-state index in [2.05, 4.69) is 15.3 Å². The van der Waals surface area contributed by atoms with Crippen LogP contribution < -0.4 is 15.8 Å². The summed E-state index contributed by atoms with van der Waals surface area (Å²) in [7, 11) is 0. The predicted molar refractivity (Wildman–Crippen MR) is 76.2 cm³/mol. The van der Waals surface area contributed by atoms with Gasteiger partial charge in [0.2, 0.25) is 11.8 Å². The van der Waals surface area contributed by atoms with Crippen LogP contribution in [0.3, 0.4) is 0 Å². The summed E-state index contributed by atoms with van der Waals surface area (Å²) in [5.74, 6) is 2.54. The van der Waals surface area contributed by atoms with E-state index in [0.29, 0.717) is 23.7 Å². The second kappa shape index (κ2) is 6.70. The van der Waals surface area contributed by atoms with Crippen LogP contribution in [0.2, 0.25) is 0 Å². The minimum Gasteiger partial charge on any atom is -0.475 e. The van der Waals surface area contributed by atoms with E-state index in [1.54, 1.807) is 12.3 Å². The summed E-state index contributed by atoms with van der Waals surface area (Å²) in [5.41, 5.74) is 5.79. The lowest BCUT2D eigenvalue weighted by molar-refractivity contribution is 0.232. The summed E-state index contributed by atoms with van der Waals surface area (Å²) < 4.78 is 5.56. The Hall–Kier alpha value is -1.36. The largest absolute Gasteiger partial charge is 0.475 e. The van der Waals surface area contributed by atoms with Crippen LogP contribution in [-0.4, -0.2) is 29.2 Å². The molecule has 2 unspecified atom stereocenters.